The van der Waals surface area contributed by atoms with E-state index in [-0.39, 0.29) is 10.8 Å². The Morgan fingerprint density at radius 3 is 2.33 bits per heavy atom. The van der Waals surface area contributed by atoms with E-state index in [0.717, 1.165) is 16.2 Å². The summed E-state index contributed by atoms with van der Waals surface area (Å²) < 4.78 is 32.7. The van der Waals surface area contributed by atoms with Gasteiger partial charge in [-0.2, -0.15) is 0 Å². The molecule has 0 saturated heterocycles. The number of hydrogen-bond donors (Lipinski definition) is 2. The molecule has 0 bridgehead atoms. The topological polar surface area (TPSA) is 84.5 Å². The number of carbonyl (C=O) groups excluding carboxylic acids is 1. The second kappa shape index (κ2) is 9.69. The zero-order chi connectivity index (χ0) is 21.6. The first-order valence-electron chi connectivity index (χ1n) is 9.09. The zero-order valence-corrected chi connectivity index (χ0v) is 18.2. The molecule has 3 aromatic rings. The van der Waals surface area contributed by atoms with E-state index in [1.807, 2.05) is 30.5 Å². The monoisotopic (exact) mass is 442 g/mol. The minimum Gasteiger partial charge on any atom is -0.497 e. The molecule has 0 aromatic heterocycles. The average Bonchev–Trinajstić information content (AvgIpc) is 2.78. The molecule has 0 unspecified atom stereocenters. The van der Waals surface area contributed by atoms with Crippen molar-refractivity contribution in [1.29, 1.82) is 0 Å². The summed E-state index contributed by atoms with van der Waals surface area (Å²) in [5, 5.41) is 2.84. The maximum absolute atomic E-state index is 12.5. The molecule has 156 valence electrons. The lowest BCUT2D eigenvalue weighted by molar-refractivity contribution is 0.0951. The molecule has 3 aromatic carbocycles. The average molecular weight is 443 g/mol. The smallest absolute Gasteiger partial charge is 0.261 e. The van der Waals surface area contributed by atoms with Crippen molar-refractivity contribution in [3.8, 4) is 5.75 Å². The van der Waals surface area contributed by atoms with Crippen molar-refractivity contribution in [2.45, 2.75) is 16.3 Å². The molecule has 1 amide bonds. The molecule has 0 spiro atoms. The third-order valence-corrected chi connectivity index (χ3v) is 6.50. The Morgan fingerprint density at radius 1 is 1.00 bits per heavy atom. The normalized spacial score (nSPS) is 11.0. The van der Waals surface area contributed by atoms with Crippen LogP contribution in [0.2, 0.25) is 0 Å². The number of nitrogens with one attached hydrogen (secondary N) is 2. The standard InChI is InChI=1S/C22H22N2O4S2/c1-28-19-5-3-4-16(14-19)15-23-22(25)17-6-8-18(9-7-17)24-30(26,27)21-12-10-20(29-2)11-13-21/h3-14,24H,15H2,1-2H3,(H,23,25). The number of hydrogen-bond acceptors (Lipinski definition) is 5. The summed E-state index contributed by atoms with van der Waals surface area (Å²) in [5.74, 6) is 0.473. The lowest BCUT2D eigenvalue weighted by Crippen LogP contribution is -2.22. The second-order valence-corrected chi connectivity index (χ2v) is 8.95. The number of methoxy groups -OCH3 is 1. The van der Waals surface area contributed by atoms with Gasteiger partial charge in [0.25, 0.3) is 15.9 Å². The summed E-state index contributed by atoms with van der Waals surface area (Å²) in [7, 11) is -2.11. The number of ether oxygens (including phenoxy) is 1. The molecule has 0 atom stereocenters. The minimum absolute atomic E-state index is 0.181. The van der Waals surface area contributed by atoms with Gasteiger partial charge in [0, 0.05) is 22.7 Å². The fraction of sp³-hybridized carbons (Fsp3) is 0.136. The fourth-order valence-electron chi connectivity index (χ4n) is 2.73. The predicted molar refractivity (Wildman–Crippen MR) is 120 cm³/mol. The van der Waals surface area contributed by atoms with Crippen LogP contribution in [-0.4, -0.2) is 27.7 Å². The van der Waals surface area contributed by atoms with Gasteiger partial charge in [-0.25, -0.2) is 8.42 Å². The van der Waals surface area contributed by atoms with Gasteiger partial charge in [-0.3, -0.25) is 9.52 Å². The van der Waals surface area contributed by atoms with Crippen molar-refractivity contribution in [2.75, 3.05) is 18.1 Å². The molecule has 0 saturated carbocycles. The van der Waals surface area contributed by atoms with Gasteiger partial charge in [-0.15, -0.1) is 11.8 Å². The van der Waals surface area contributed by atoms with Crippen LogP contribution in [0.3, 0.4) is 0 Å². The lowest BCUT2D eigenvalue weighted by atomic mass is 10.1. The van der Waals surface area contributed by atoms with E-state index >= 15 is 0 Å². The van der Waals surface area contributed by atoms with E-state index in [4.69, 9.17) is 4.74 Å². The van der Waals surface area contributed by atoms with E-state index < -0.39 is 10.0 Å². The van der Waals surface area contributed by atoms with Gasteiger partial charge in [0.15, 0.2) is 0 Å². The number of carbonyl (C=O) groups is 1. The Hall–Kier alpha value is -2.97. The molecule has 0 fully saturated rings. The summed E-state index contributed by atoms with van der Waals surface area (Å²) in [5.41, 5.74) is 1.73. The van der Waals surface area contributed by atoms with E-state index in [1.54, 1.807) is 67.4 Å². The van der Waals surface area contributed by atoms with Crippen LogP contribution in [0.5, 0.6) is 5.75 Å². The molecule has 8 heteroatoms. The Kier molecular flexibility index (Phi) is 7.02. The Morgan fingerprint density at radius 2 is 1.70 bits per heavy atom. The van der Waals surface area contributed by atoms with Gasteiger partial charge >= 0.3 is 0 Å². The summed E-state index contributed by atoms with van der Waals surface area (Å²) in [6.45, 7) is 0.358. The van der Waals surface area contributed by atoms with Crippen LogP contribution in [0.4, 0.5) is 5.69 Å². The Balaban J connectivity index is 1.62. The first kappa shape index (κ1) is 21.7. The summed E-state index contributed by atoms with van der Waals surface area (Å²) in [6, 6.07) is 20.4. The first-order valence-corrected chi connectivity index (χ1v) is 11.8. The minimum atomic E-state index is -3.70. The van der Waals surface area contributed by atoms with Crippen LogP contribution in [0.25, 0.3) is 0 Å². The number of amides is 1. The Labute approximate surface area is 180 Å². The molecular weight excluding hydrogens is 420 g/mol. The third kappa shape index (κ3) is 5.55. The molecule has 3 rings (SSSR count). The van der Waals surface area contributed by atoms with Crippen LogP contribution in [-0.2, 0) is 16.6 Å². The largest absolute Gasteiger partial charge is 0.497 e. The van der Waals surface area contributed by atoms with E-state index in [0.29, 0.717) is 17.8 Å². The van der Waals surface area contributed by atoms with Crippen LogP contribution in [0, 0.1) is 0 Å². The Bertz CT molecular complexity index is 1110. The van der Waals surface area contributed by atoms with Crippen molar-refractivity contribution in [3.05, 3.63) is 83.9 Å². The van der Waals surface area contributed by atoms with Crippen molar-refractivity contribution in [2.24, 2.45) is 0 Å². The molecule has 0 heterocycles. The van der Waals surface area contributed by atoms with Crippen molar-refractivity contribution in [1.82, 2.24) is 5.32 Å². The molecular formula is C22H22N2O4S2. The highest BCUT2D eigenvalue weighted by Gasteiger charge is 2.14. The van der Waals surface area contributed by atoms with Gasteiger partial charge in [0.05, 0.1) is 12.0 Å². The number of sulfonamides is 1. The highest BCUT2D eigenvalue weighted by Crippen LogP contribution is 2.20. The highest BCUT2D eigenvalue weighted by molar-refractivity contribution is 7.98. The van der Waals surface area contributed by atoms with Crippen molar-refractivity contribution < 1.29 is 17.9 Å². The quantitative estimate of drug-likeness (QED) is 0.512. The van der Waals surface area contributed by atoms with E-state index in [1.165, 1.54) is 0 Å². The number of thioether (sulfide) groups is 1. The molecule has 6 nitrogen and oxygen atoms in total. The SMILES string of the molecule is COc1cccc(CNC(=O)c2ccc(NS(=O)(=O)c3ccc(SC)cc3)cc2)c1. The highest BCUT2D eigenvalue weighted by atomic mass is 32.2. The van der Waals surface area contributed by atoms with Crippen LogP contribution >= 0.6 is 11.8 Å². The number of benzene rings is 3. The maximum atomic E-state index is 12.5. The van der Waals surface area contributed by atoms with E-state index in [9.17, 15) is 13.2 Å². The van der Waals surface area contributed by atoms with Crippen LogP contribution in [0.15, 0.2) is 82.6 Å². The van der Waals surface area contributed by atoms with E-state index in [2.05, 4.69) is 10.0 Å². The van der Waals surface area contributed by atoms with Gasteiger partial charge in [-0.05, 0) is 72.5 Å². The zero-order valence-electron chi connectivity index (χ0n) is 16.6. The third-order valence-electron chi connectivity index (χ3n) is 4.36. The summed E-state index contributed by atoms with van der Waals surface area (Å²) >= 11 is 1.54. The molecule has 0 aliphatic heterocycles. The van der Waals surface area contributed by atoms with Crippen molar-refractivity contribution in [3.63, 3.8) is 0 Å². The molecule has 0 aliphatic carbocycles. The van der Waals surface area contributed by atoms with Gasteiger partial charge in [-0.1, -0.05) is 12.1 Å². The summed E-state index contributed by atoms with van der Waals surface area (Å²) in [4.78, 5) is 13.5. The molecule has 0 aliphatic rings. The molecule has 30 heavy (non-hydrogen) atoms. The lowest BCUT2D eigenvalue weighted by Gasteiger charge is -2.10. The van der Waals surface area contributed by atoms with Gasteiger partial charge < -0.3 is 10.1 Å². The predicted octanol–water partition coefficient (Wildman–Crippen LogP) is 4.15. The number of rotatable bonds is 8. The number of anilines is 1. The fourth-order valence-corrected chi connectivity index (χ4v) is 4.19. The van der Waals surface area contributed by atoms with Crippen molar-refractivity contribution >= 4 is 33.4 Å². The molecule has 0 radical (unpaired) electrons. The van der Waals surface area contributed by atoms with Gasteiger partial charge in [0.2, 0.25) is 0 Å². The second-order valence-electron chi connectivity index (χ2n) is 6.39. The maximum Gasteiger partial charge on any atom is 0.261 e. The first-order chi connectivity index (χ1) is 14.4. The van der Waals surface area contributed by atoms with Crippen LogP contribution < -0.4 is 14.8 Å². The van der Waals surface area contributed by atoms with Gasteiger partial charge in [0.1, 0.15) is 5.75 Å². The summed E-state index contributed by atoms with van der Waals surface area (Å²) in [6.07, 6.45) is 1.93. The van der Waals surface area contributed by atoms with Crippen LogP contribution in [0.1, 0.15) is 15.9 Å². The molecule has 2 N–H and O–H groups in total.